The zero-order valence-corrected chi connectivity index (χ0v) is 15.1. The SMILES string of the molecule is NC(=O)Oc1cccc2c1nc(C1CCNC1)n2CCN1CCCCC1. The number of hydrogen-bond acceptors (Lipinski definition) is 5. The van der Waals surface area contributed by atoms with Gasteiger partial charge in [-0.3, -0.25) is 0 Å². The van der Waals surface area contributed by atoms with Crippen LogP contribution in [-0.4, -0.2) is 53.3 Å². The number of benzene rings is 1. The minimum absolute atomic E-state index is 0.394. The summed E-state index contributed by atoms with van der Waals surface area (Å²) in [4.78, 5) is 18.7. The zero-order valence-electron chi connectivity index (χ0n) is 15.1. The van der Waals surface area contributed by atoms with Crippen LogP contribution in [0.2, 0.25) is 0 Å². The van der Waals surface area contributed by atoms with E-state index in [1.165, 1.54) is 32.4 Å². The Bertz CT molecular complexity index is 776. The van der Waals surface area contributed by atoms with E-state index in [2.05, 4.69) is 20.9 Å². The molecule has 1 atom stereocenters. The highest BCUT2D eigenvalue weighted by molar-refractivity contribution is 5.85. The minimum atomic E-state index is -0.801. The minimum Gasteiger partial charge on any atom is -0.408 e. The standard InChI is InChI=1S/C19H27N5O2/c20-19(25)26-16-6-4-5-15-17(16)22-18(14-7-8-21-13-14)24(15)12-11-23-9-2-1-3-10-23/h4-6,14,21H,1-3,7-13H2,(H2,20,25). The summed E-state index contributed by atoms with van der Waals surface area (Å²) >= 11 is 0. The monoisotopic (exact) mass is 357 g/mol. The molecule has 2 aliphatic rings. The molecule has 1 aromatic heterocycles. The lowest BCUT2D eigenvalue weighted by atomic mass is 10.1. The molecule has 0 radical (unpaired) electrons. The number of nitrogens with one attached hydrogen (secondary N) is 1. The number of aromatic nitrogens is 2. The molecule has 7 nitrogen and oxygen atoms in total. The quantitative estimate of drug-likeness (QED) is 0.855. The highest BCUT2D eigenvalue weighted by atomic mass is 16.5. The second kappa shape index (κ2) is 7.63. The van der Waals surface area contributed by atoms with Crippen molar-refractivity contribution in [2.45, 2.75) is 38.1 Å². The van der Waals surface area contributed by atoms with Crippen molar-refractivity contribution in [2.75, 3.05) is 32.7 Å². The van der Waals surface area contributed by atoms with Gasteiger partial charge in [0.25, 0.3) is 0 Å². The third-order valence-corrected chi connectivity index (χ3v) is 5.50. The van der Waals surface area contributed by atoms with Crippen molar-refractivity contribution in [3.8, 4) is 5.75 Å². The molecule has 0 saturated carbocycles. The second-order valence-corrected chi connectivity index (χ2v) is 7.26. The molecule has 3 heterocycles. The number of likely N-dealkylation sites (tertiary alicyclic amines) is 1. The Balaban J connectivity index is 1.67. The van der Waals surface area contributed by atoms with Crippen molar-refractivity contribution in [3.05, 3.63) is 24.0 Å². The predicted molar refractivity (Wildman–Crippen MR) is 100 cm³/mol. The normalized spacial score (nSPS) is 21.3. The van der Waals surface area contributed by atoms with E-state index in [4.69, 9.17) is 15.5 Å². The molecule has 0 bridgehead atoms. The van der Waals surface area contributed by atoms with E-state index in [1.807, 2.05) is 6.07 Å². The van der Waals surface area contributed by atoms with Gasteiger partial charge in [-0.25, -0.2) is 9.78 Å². The molecule has 2 aliphatic heterocycles. The van der Waals surface area contributed by atoms with Crippen LogP contribution in [0, 0.1) is 0 Å². The third-order valence-electron chi connectivity index (χ3n) is 5.50. The number of carbonyl (C=O) groups is 1. The third kappa shape index (κ3) is 3.54. The Morgan fingerprint density at radius 1 is 1.27 bits per heavy atom. The van der Waals surface area contributed by atoms with Gasteiger partial charge in [-0.05, 0) is 51.0 Å². The molecular formula is C19H27N5O2. The topological polar surface area (TPSA) is 85.4 Å². The number of nitrogens with two attached hydrogens (primary N) is 1. The summed E-state index contributed by atoms with van der Waals surface area (Å²) < 4.78 is 7.50. The van der Waals surface area contributed by atoms with E-state index in [9.17, 15) is 4.79 Å². The number of ether oxygens (including phenoxy) is 1. The Kier molecular flexibility index (Phi) is 5.08. The Morgan fingerprint density at radius 2 is 2.12 bits per heavy atom. The second-order valence-electron chi connectivity index (χ2n) is 7.26. The molecule has 1 amide bonds. The van der Waals surface area contributed by atoms with Gasteiger partial charge in [0.1, 0.15) is 11.3 Å². The number of amides is 1. The average Bonchev–Trinajstić information content (AvgIpc) is 3.28. The van der Waals surface area contributed by atoms with Crippen molar-refractivity contribution in [3.63, 3.8) is 0 Å². The maximum absolute atomic E-state index is 11.2. The first-order valence-corrected chi connectivity index (χ1v) is 9.62. The van der Waals surface area contributed by atoms with Gasteiger partial charge < -0.3 is 25.3 Å². The fourth-order valence-electron chi connectivity index (χ4n) is 4.18. The van der Waals surface area contributed by atoms with E-state index < -0.39 is 6.09 Å². The smallest absolute Gasteiger partial charge is 0.408 e. The Labute approximate surface area is 153 Å². The summed E-state index contributed by atoms with van der Waals surface area (Å²) in [5, 5.41) is 3.43. The average molecular weight is 357 g/mol. The number of hydrogen-bond donors (Lipinski definition) is 2. The van der Waals surface area contributed by atoms with E-state index in [0.29, 0.717) is 11.7 Å². The fourth-order valence-corrected chi connectivity index (χ4v) is 4.18. The Morgan fingerprint density at radius 3 is 2.85 bits per heavy atom. The van der Waals surface area contributed by atoms with E-state index in [1.54, 1.807) is 6.07 Å². The lowest BCUT2D eigenvalue weighted by Crippen LogP contribution is -2.33. The molecular weight excluding hydrogens is 330 g/mol. The highest BCUT2D eigenvalue weighted by Crippen LogP contribution is 2.31. The van der Waals surface area contributed by atoms with Crippen LogP contribution in [0.5, 0.6) is 5.75 Å². The first-order chi connectivity index (χ1) is 12.7. The molecule has 1 aromatic carbocycles. The first kappa shape index (κ1) is 17.3. The predicted octanol–water partition coefficient (Wildman–Crippen LogP) is 2.06. The summed E-state index contributed by atoms with van der Waals surface area (Å²) in [5.41, 5.74) is 6.97. The van der Waals surface area contributed by atoms with Gasteiger partial charge in [0, 0.05) is 25.6 Å². The number of carbonyl (C=O) groups excluding carboxylic acids is 1. The van der Waals surface area contributed by atoms with Crippen LogP contribution < -0.4 is 15.8 Å². The maximum Gasteiger partial charge on any atom is 0.410 e. The molecule has 3 N–H and O–H groups in total. The summed E-state index contributed by atoms with van der Waals surface area (Å²) in [5.74, 6) is 1.92. The van der Waals surface area contributed by atoms with Crippen LogP contribution in [0.1, 0.15) is 37.4 Å². The van der Waals surface area contributed by atoms with E-state index in [0.717, 1.165) is 49.5 Å². The van der Waals surface area contributed by atoms with Crippen LogP contribution in [0.4, 0.5) is 4.79 Å². The van der Waals surface area contributed by atoms with Gasteiger partial charge >= 0.3 is 6.09 Å². The largest absolute Gasteiger partial charge is 0.410 e. The van der Waals surface area contributed by atoms with Gasteiger partial charge in [-0.15, -0.1) is 0 Å². The molecule has 1 unspecified atom stereocenters. The lowest BCUT2D eigenvalue weighted by Gasteiger charge is -2.27. The van der Waals surface area contributed by atoms with E-state index in [-0.39, 0.29) is 0 Å². The molecule has 2 saturated heterocycles. The summed E-state index contributed by atoms with van der Waals surface area (Å²) in [6.07, 6.45) is 4.21. The number of primary amides is 1. The number of para-hydroxylation sites is 1. The van der Waals surface area contributed by atoms with Gasteiger partial charge in [0.05, 0.1) is 5.52 Å². The number of nitrogens with zero attached hydrogens (tertiary/aromatic N) is 3. The molecule has 0 aliphatic carbocycles. The number of piperidine rings is 1. The summed E-state index contributed by atoms with van der Waals surface area (Å²) in [6.45, 7) is 6.26. The van der Waals surface area contributed by atoms with Crippen LogP contribution in [0.15, 0.2) is 18.2 Å². The molecule has 2 fully saturated rings. The highest BCUT2D eigenvalue weighted by Gasteiger charge is 2.25. The molecule has 140 valence electrons. The lowest BCUT2D eigenvalue weighted by molar-refractivity contribution is 0.211. The molecule has 0 spiro atoms. The van der Waals surface area contributed by atoms with E-state index >= 15 is 0 Å². The first-order valence-electron chi connectivity index (χ1n) is 9.62. The van der Waals surface area contributed by atoms with Crippen LogP contribution in [0.25, 0.3) is 11.0 Å². The number of fused-ring (bicyclic) bond motifs is 1. The zero-order chi connectivity index (χ0) is 17.9. The number of imidazole rings is 1. The number of rotatable bonds is 5. The van der Waals surface area contributed by atoms with Crippen molar-refractivity contribution in [1.82, 2.24) is 19.8 Å². The fraction of sp³-hybridized carbons (Fsp3) is 0.579. The Hall–Kier alpha value is -2.12. The van der Waals surface area contributed by atoms with Gasteiger partial charge in [-0.1, -0.05) is 12.5 Å². The summed E-state index contributed by atoms with van der Waals surface area (Å²) in [7, 11) is 0. The molecule has 7 heteroatoms. The van der Waals surface area contributed by atoms with Crippen LogP contribution in [0.3, 0.4) is 0 Å². The summed E-state index contributed by atoms with van der Waals surface area (Å²) in [6, 6.07) is 5.71. The van der Waals surface area contributed by atoms with Crippen molar-refractivity contribution < 1.29 is 9.53 Å². The van der Waals surface area contributed by atoms with Crippen LogP contribution >= 0.6 is 0 Å². The van der Waals surface area contributed by atoms with Crippen LogP contribution in [-0.2, 0) is 6.54 Å². The van der Waals surface area contributed by atoms with Crippen molar-refractivity contribution >= 4 is 17.1 Å². The van der Waals surface area contributed by atoms with Gasteiger partial charge in [0.15, 0.2) is 5.75 Å². The van der Waals surface area contributed by atoms with Gasteiger partial charge in [-0.2, -0.15) is 0 Å². The molecule has 26 heavy (non-hydrogen) atoms. The van der Waals surface area contributed by atoms with Crippen molar-refractivity contribution in [1.29, 1.82) is 0 Å². The molecule has 4 rings (SSSR count). The van der Waals surface area contributed by atoms with Crippen molar-refractivity contribution in [2.24, 2.45) is 5.73 Å². The van der Waals surface area contributed by atoms with Gasteiger partial charge in [0.2, 0.25) is 0 Å². The maximum atomic E-state index is 11.2. The molecule has 2 aromatic rings.